The van der Waals surface area contributed by atoms with E-state index < -0.39 is 10.0 Å². The van der Waals surface area contributed by atoms with Crippen LogP contribution in [0, 0.1) is 0 Å². The maximum atomic E-state index is 12.5. The maximum Gasteiger partial charge on any atom is 0.240 e. The van der Waals surface area contributed by atoms with E-state index in [4.69, 9.17) is 14.2 Å². The average Bonchev–Trinajstić information content (AvgIpc) is 2.79. The smallest absolute Gasteiger partial charge is 0.240 e. The fraction of sp³-hybridized carbons (Fsp3) is 0.400. The lowest BCUT2D eigenvalue weighted by atomic mass is 10.3. The Morgan fingerprint density at radius 2 is 1.87 bits per heavy atom. The maximum absolute atomic E-state index is 12.5. The third kappa shape index (κ3) is 6.06. The Hall–Kier alpha value is -2.89. The quantitative estimate of drug-likeness (QED) is 0.586. The first-order chi connectivity index (χ1) is 14.9. The molecule has 1 amide bonds. The summed E-state index contributed by atoms with van der Waals surface area (Å²) in [6.07, 6.45) is 1.55. The van der Waals surface area contributed by atoms with Crippen molar-refractivity contribution in [1.29, 1.82) is 0 Å². The minimum Gasteiger partial charge on any atom is -0.493 e. The van der Waals surface area contributed by atoms with Gasteiger partial charge in [0.25, 0.3) is 0 Å². The minimum absolute atomic E-state index is 0.0217. The van der Waals surface area contributed by atoms with E-state index in [0.29, 0.717) is 30.4 Å². The van der Waals surface area contributed by atoms with Crippen LogP contribution in [0.25, 0.3) is 0 Å². The van der Waals surface area contributed by atoms with Crippen molar-refractivity contribution < 1.29 is 27.4 Å². The number of benzene rings is 1. The molecule has 10 nitrogen and oxygen atoms in total. The van der Waals surface area contributed by atoms with Crippen LogP contribution in [0.5, 0.6) is 11.5 Å². The van der Waals surface area contributed by atoms with Crippen molar-refractivity contribution in [3.05, 3.63) is 36.5 Å². The second-order valence-electron chi connectivity index (χ2n) is 6.72. The van der Waals surface area contributed by atoms with Gasteiger partial charge in [0.05, 0.1) is 44.2 Å². The van der Waals surface area contributed by atoms with Gasteiger partial charge in [0, 0.05) is 32.1 Å². The van der Waals surface area contributed by atoms with Gasteiger partial charge < -0.3 is 24.4 Å². The molecule has 1 aliphatic rings. The number of nitrogens with zero attached hydrogens (tertiary/aromatic N) is 2. The number of sulfonamides is 1. The molecule has 0 bridgehead atoms. The summed E-state index contributed by atoms with van der Waals surface area (Å²) in [4.78, 5) is 18.7. The van der Waals surface area contributed by atoms with E-state index in [1.807, 2.05) is 6.07 Å². The molecule has 2 aromatic rings. The number of morpholine rings is 1. The van der Waals surface area contributed by atoms with Crippen molar-refractivity contribution in [3.8, 4) is 11.5 Å². The number of anilines is 2. The largest absolute Gasteiger partial charge is 0.493 e. The minimum atomic E-state index is -3.80. The van der Waals surface area contributed by atoms with E-state index in [1.165, 1.54) is 32.4 Å². The predicted octanol–water partition coefficient (Wildman–Crippen LogP) is 1.24. The van der Waals surface area contributed by atoms with Crippen LogP contribution < -0.4 is 24.4 Å². The molecule has 0 unspecified atom stereocenters. The first-order valence-electron chi connectivity index (χ1n) is 9.73. The van der Waals surface area contributed by atoms with E-state index in [2.05, 4.69) is 19.9 Å². The van der Waals surface area contributed by atoms with Crippen molar-refractivity contribution in [2.75, 3.05) is 57.3 Å². The normalized spacial score (nSPS) is 14.2. The summed E-state index contributed by atoms with van der Waals surface area (Å²) in [7, 11) is -0.906. The fourth-order valence-electron chi connectivity index (χ4n) is 3.03. The summed E-state index contributed by atoms with van der Waals surface area (Å²) in [5.74, 6) is 1.23. The summed E-state index contributed by atoms with van der Waals surface area (Å²) >= 11 is 0. The van der Waals surface area contributed by atoms with Gasteiger partial charge in [-0.25, -0.2) is 18.1 Å². The van der Waals surface area contributed by atoms with Gasteiger partial charge in [0.1, 0.15) is 5.82 Å². The molecule has 1 saturated heterocycles. The molecule has 0 atom stereocenters. The van der Waals surface area contributed by atoms with Crippen LogP contribution in [0.4, 0.5) is 11.5 Å². The van der Waals surface area contributed by atoms with Crippen LogP contribution in [0.1, 0.15) is 6.42 Å². The number of hydrogen-bond donors (Lipinski definition) is 2. The van der Waals surface area contributed by atoms with Gasteiger partial charge in [-0.15, -0.1) is 0 Å². The Balaban J connectivity index is 1.50. The monoisotopic (exact) mass is 450 g/mol. The van der Waals surface area contributed by atoms with Crippen molar-refractivity contribution in [2.24, 2.45) is 0 Å². The number of amides is 1. The number of carbonyl (C=O) groups is 1. The molecule has 168 valence electrons. The average molecular weight is 451 g/mol. The number of carbonyl (C=O) groups excluding carboxylic acids is 1. The van der Waals surface area contributed by atoms with Crippen LogP contribution in [0.15, 0.2) is 41.4 Å². The van der Waals surface area contributed by atoms with Crippen molar-refractivity contribution in [1.82, 2.24) is 9.71 Å². The number of aromatic nitrogens is 1. The highest BCUT2D eigenvalue weighted by atomic mass is 32.2. The first kappa shape index (κ1) is 22.8. The van der Waals surface area contributed by atoms with Gasteiger partial charge in [-0.3, -0.25) is 4.79 Å². The van der Waals surface area contributed by atoms with E-state index in [0.717, 1.165) is 18.9 Å². The Morgan fingerprint density at radius 1 is 1.13 bits per heavy atom. The third-order valence-electron chi connectivity index (χ3n) is 4.68. The van der Waals surface area contributed by atoms with E-state index in [1.54, 1.807) is 12.3 Å². The zero-order chi connectivity index (χ0) is 22.3. The highest BCUT2D eigenvalue weighted by molar-refractivity contribution is 7.89. The fourth-order valence-corrected chi connectivity index (χ4v) is 4.08. The lowest BCUT2D eigenvalue weighted by Gasteiger charge is -2.27. The molecular weight excluding hydrogens is 424 g/mol. The molecular formula is C20H26N4O6S. The van der Waals surface area contributed by atoms with Gasteiger partial charge >= 0.3 is 0 Å². The lowest BCUT2D eigenvalue weighted by Crippen LogP contribution is -2.36. The summed E-state index contributed by atoms with van der Waals surface area (Å²) in [6, 6.07) is 7.88. The molecule has 11 heteroatoms. The predicted molar refractivity (Wildman–Crippen MR) is 115 cm³/mol. The standard InChI is InChI=1S/C20H26N4O6S/c1-28-17-5-4-16(13-18(17)29-2)31(26,27)22-8-7-20(25)23-15-3-6-19(21-14-15)24-9-11-30-12-10-24/h3-6,13-14,22H,7-12H2,1-2H3,(H,23,25). The number of ether oxygens (including phenoxy) is 3. The summed E-state index contributed by atoms with van der Waals surface area (Å²) in [6.45, 7) is 2.83. The van der Waals surface area contributed by atoms with Crippen LogP contribution in [-0.2, 0) is 19.6 Å². The van der Waals surface area contributed by atoms with Crippen molar-refractivity contribution >= 4 is 27.4 Å². The molecule has 2 N–H and O–H groups in total. The Kier molecular flexibility index (Phi) is 7.66. The molecule has 0 saturated carbocycles. The molecule has 0 radical (unpaired) electrons. The number of rotatable bonds is 9. The number of hydrogen-bond acceptors (Lipinski definition) is 8. The molecule has 1 aromatic heterocycles. The van der Waals surface area contributed by atoms with Gasteiger partial charge in [-0.2, -0.15) is 0 Å². The summed E-state index contributed by atoms with van der Waals surface area (Å²) < 4.78 is 42.9. The van der Waals surface area contributed by atoms with Crippen LogP contribution in [-0.4, -0.2) is 66.4 Å². The van der Waals surface area contributed by atoms with Crippen molar-refractivity contribution in [3.63, 3.8) is 0 Å². The van der Waals surface area contributed by atoms with Gasteiger partial charge in [0.15, 0.2) is 11.5 Å². The zero-order valence-electron chi connectivity index (χ0n) is 17.5. The number of pyridine rings is 1. The van der Waals surface area contributed by atoms with Crippen LogP contribution in [0.2, 0.25) is 0 Å². The summed E-state index contributed by atoms with van der Waals surface area (Å²) in [5.41, 5.74) is 0.546. The van der Waals surface area contributed by atoms with E-state index in [9.17, 15) is 13.2 Å². The molecule has 0 aliphatic carbocycles. The van der Waals surface area contributed by atoms with Gasteiger partial charge in [0.2, 0.25) is 15.9 Å². The molecule has 2 heterocycles. The van der Waals surface area contributed by atoms with E-state index in [-0.39, 0.29) is 23.8 Å². The Morgan fingerprint density at radius 3 is 2.52 bits per heavy atom. The molecule has 3 rings (SSSR count). The molecule has 0 spiro atoms. The molecule has 1 aliphatic heterocycles. The highest BCUT2D eigenvalue weighted by Crippen LogP contribution is 2.29. The first-order valence-corrected chi connectivity index (χ1v) is 11.2. The number of methoxy groups -OCH3 is 2. The van der Waals surface area contributed by atoms with Gasteiger partial charge in [-0.1, -0.05) is 0 Å². The van der Waals surface area contributed by atoms with Crippen LogP contribution in [0.3, 0.4) is 0 Å². The summed E-state index contributed by atoms with van der Waals surface area (Å²) in [5, 5.41) is 2.72. The second-order valence-corrected chi connectivity index (χ2v) is 8.48. The lowest BCUT2D eigenvalue weighted by molar-refractivity contribution is -0.116. The van der Waals surface area contributed by atoms with E-state index >= 15 is 0 Å². The van der Waals surface area contributed by atoms with Gasteiger partial charge in [-0.05, 0) is 24.3 Å². The molecule has 1 aromatic carbocycles. The number of nitrogens with one attached hydrogen (secondary N) is 2. The third-order valence-corrected chi connectivity index (χ3v) is 6.13. The topological polar surface area (TPSA) is 119 Å². The SMILES string of the molecule is COc1ccc(S(=O)(=O)NCCC(=O)Nc2ccc(N3CCOCC3)nc2)cc1OC. The Bertz CT molecular complexity index is 991. The Labute approximate surface area is 181 Å². The second kappa shape index (κ2) is 10.4. The molecule has 31 heavy (non-hydrogen) atoms. The molecule has 1 fully saturated rings. The van der Waals surface area contributed by atoms with Crippen molar-refractivity contribution in [2.45, 2.75) is 11.3 Å². The highest BCUT2D eigenvalue weighted by Gasteiger charge is 2.17. The van der Waals surface area contributed by atoms with Crippen LogP contribution >= 0.6 is 0 Å². The zero-order valence-corrected chi connectivity index (χ0v) is 18.3.